The van der Waals surface area contributed by atoms with Crippen molar-refractivity contribution in [1.82, 2.24) is 10.6 Å². The van der Waals surface area contributed by atoms with Crippen LogP contribution in [0, 0.1) is 18.7 Å². The van der Waals surface area contributed by atoms with Gasteiger partial charge in [0, 0.05) is 31.7 Å². The molecule has 0 bridgehead atoms. The van der Waals surface area contributed by atoms with Crippen molar-refractivity contribution in [3.63, 3.8) is 0 Å². The second kappa shape index (κ2) is 11.9. The third-order valence-corrected chi connectivity index (χ3v) is 5.35. The van der Waals surface area contributed by atoms with E-state index in [2.05, 4.69) is 20.9 Å². The third-order valence-electron chi connectivity index (χ3n) is 5.35. The molecule has 30 heavy (non-hydrogen) atoms. The fourth-order valence-electron chi connectivity index (χ4n) is 3.34. The lowest BCUT2D eigenvalue weighted by Gasteiger charge is -2.24. The highest BCUT2D eigenvalue weighted by Gasteiger charge is 2.25. The van der Waals surface area contributed by atoms with E-state index in [1.807, 2.05) is 37.3 Å². The van der Waals surface area contributed by atoms with Gasteiger partial charge in [-0.3, -0.25) is 9.79 Å². The minimum Gasteiger partial charge on any atom is -0.356 e. The van der Waals surface area contributed by atoms with Crippen LogP contribution in [0.3, 0.4) is 0 Å². The number of halogens is 2. The maximum Gasteiger partial charge on any atom is 0.227 e. The number of carbonyl (C=O) groups is 1. The van der Waals surface area contributed by atoms with Crippen LogP contribution in [0.2, 0.25) is 0 Å². The van der Waals surface area contributed by atoms with Gasteiger partial charge in [-0.25, -0.2) is 4.39 Å². The highest BCUT2D eigenvalue weighted by Crippen LogP contribution is 2.27. The van der Waals surface area contributed by atoms with E-state index in [-0.39, 0.29) is 41.6 Å². The summed E-state index contributed by atoms with van der Waals surface area (Å²) < 4.78 is 13.2. The van der Waals surface area contributed by atoms with Gasteiger partial charge in [0.25, 0.3) is 0 Å². The maximum absolute atomic E-state index is 13.2. The Morgan fingerprint density at radius 1 is 1.17 bits per heavy atom. The third kappa shape index (κ3) is 6.97. The molecule has 3 N–H and O–H groups in total. The van der Waals surface area contributed by atoms with Gasteiger partial charge in [-0.15, -0.1) is 24.0 Å². The van der Waals surface area contributed by atoms with Gasteiger partial charge >= 0.3 is 0 Å². The van der Waals surface area contributed by atoms with Crippen LogP contribution in [-0.4, -0.2) is 25.5 Å². The molecule has 2 aromatic rings. The lowest BCUT2D eigenvalue weighted by Crippen LogP contribution is -2.37. The smallest absolute Gasteiger partial charge is 0.227 e. The minimum atomic E-state index is -0.206. The van der Waals surface area contributed by atoms with Crippen molar-refractivity contribution in [3.05, 3.63) is 65.0 Å². The van der Waals surface area contributed by atoms with Crippen LogP contribution in [0.1, 0.15) is 36.0 Å². The predicted octanol–water partition coefficient (Wildman–Crippen LogP) is 4.40. The molecule has 1 amide bonds. The molecule has 7 heteroatoms. The molecule has 0 aliphatic heterocycles. The molecule has 1 saturated carbocycles. The first-order valence-electron chi connectivity index (χ1n) is 10.1. The average Bonchev–Trinajstić information content (AvgIpc) is 2.65. The van der Waals surface area contributed by atoms with Crippen molar-refractivity contribution in [2.45, 2.75) is 39.2 Å². The number of nitrogens with zero attached hydrogens (tertiary/aromatic N) is 1. The number of benzene rings is 2. The average molecular weight is 524 g/mol. The van der Waals surface area contributed by atoms with Crippen LogP contribution < -0.4 is 16.0 Å². The number of nitrogens with one attached hydrogen (secondary N) is 3. The van der Waals surface area contributed by atoms with Crippen LogP contribution in [0.25, 0.3) is 0 Å². The Kier molecular flexibility index (Phi) is 9.55. The summed E-state index contributed by atoms with van der Waals surface area (Å²) in [5.74, 6) is 0.788. The van der Waals surface area contributed by atoms with E-state index in [0.717, 1.165) is 48.1 Å². The second-order valence-corrected chi connectivity index (χ2v) is 7.49. The fourth-order valence-corrected chi connectivity index (χ4v) is 3.34. The van der Waals surface area contributed by atoms with Gasteiger partial charge in [0.2, 0.25) is 5.91 Å². The number of amides is 1. The molecule has 162 valence electrons. The molecule has 1 aliphatic rings. The Morgan fingerprint density at radius 3 is 2.63 bits per heavy atom. The second-order valence-electron chi connectivity index (χ2n) is 7.49. The van der Waals surface area contributed by atoms with Crippen LogP contribution in [-0.2, 0) is 17.8 Å². The monoisotopic (exact) mass is 524 g/mol. The van der Waals surface area contributed by atoms with E-state index in [1.54, 1.807) is 13.1 Å². The summed E-state index contributed by atoms with van der Waals surface area (Å²) in [5.41, 5.74) is 3.96. The molecule has 2 aromatic carbocycles. The van der Waals surface area contributed by atoms with Crippen molar-refractivity contribution in [2.75, 3.05) is 18.9 Å². The Balaban J connectivity index is 0.00000320. The lowest BCUT2D eigenvalue weighted by atomic mass is 9.85. The van der Waals surface area contributed by atoms with Gasteiger partial charge in [0.05, 0.1) is 0 Å². The molecule has 3 rings (SSSR count). The normalized spacial score (nSPS) is 13.8. The first-order chi connectivity index (χ1) is 14.0. The SMILES string of the molecule is CN=C(NCCc1ccc(F)cc1C)NCc1cccc(NC(=O)C2CCC2)c1.I. The van der Waals surface area contributed by atoms with Gasteiger partial charge in [-0.2, -0.15) is 0 Å². The first kappa shape index (κ1) is 24.1. The predicted molar refractivity (Wildman–Crippen MR) is 131 cm³/mol. The summed E-state index contributed by atoms with van der Waals surface area (Å²) in [4.78, 5) is 16.4. The van der Waals surface area contributed by atoms with Crippen molar-refractivity contribution in [3.8, 4) is 0 Å². The van der Waals surface area contributed by atoms with Gasteiger partial charge < -0.3 is 16.0 Å². The quantitative estimate of drug-likeness (QED) is 0.286. The number of guanidine groups is 1. The molecule has 0 saturated heterocycles. The number of carbonyl (C=O) groups excluding carboxylic acids is 1. The highest BCUT2D eigenvalue weighted by molar-refractivity contribution is 14.0. The molecule has 0 atom stereocenters. The summed E-state index contributed by atoms with van der Waals surface area (Å²) in [6, 6.07) is 12.7. The van der Waals surface area contributed by atoms with Gasteiger partial charge in [-0.05, 0) is 67.1 Å². The van der Waals surface area contributed by atoms with Gasteiger partial charge in [-0.1, -0.05) is 24.6 Å². The number of aryl methyl sites for hydroxylation is 1. The Bertz CT molecular complexity index is 883. The van der Waals surface area contributed by atoms with Gasteiger partial charge in [0.15, 0.2) is 5.96 Å². The fraction of sp³-hybridized carbons (Fsp3) is 0.391. The van der Waals surface area contributed by atoms with Crippen LogP contribution in [0.4, 0.5) is 10.1 Å². The standard InChI is InChI=1S/C23H29FN4O.HI/c1-16-13-20(24)10-9-18(16)11-12-26-23(25-2)27-15-17-5-3-8-21(14-17)28-22(29)19-6-4-7-19;/h3,5,8-10,13-14,19H,4,6-7,11-12,15H2,1-2H3,(H,28,29)(H2,25,26,27);1H. The molecule has 0 aromatic heterocycles. The van der Waals surface area contributed by atoms with Crippen molar-refractivity contribution >= 4 is 41.5 Å². The van der Waals surface area contributed by atoms with Crippen LogP contribution >= 0.6 is 24.0 Å². The number of hydrogen-bond acceptors (Lipinski definition) is 2. The largest absolute Gasteiger partial charge is 0.356 e. The molecule has 0 radical (unpaired) electrons. The molecule has 5 nitrogen and oxygen atoms in total. The molecular weight excluding hydrogens is 494 g/mol. The topological polar surface area (TPSA) is 65.5 Å². The Hall–Kier alpha value is -2.16. The van der Waals surface area contributed by atoms with Crippen LogP contribution in [0.5, 0.6) is 0 Å². The number of anilines is 1. The van der Waals surface area contributed by atoms with E-state index in [0.29, 0.717) is 19.0 Å². The lowest BCUT2D eigenvalue weighted by molar-refractivity contribution is -0.122. The van der Waals surface area contributed by atoms with Crippen LogP contribution in [0.15, 0.2) is 47.5 Å². The zero-order valence-corrected chi connectivity index (χ0v) is 19.8. The van der Waals surface area contributed by atoms with Crippen molar-refractivity contribution in [2.24, 2.45) is 10.9 Å². The van der Waals surface area contributed by atoms with Gasteiger partial charge in [0.1, 0.15) is 5.82 Å². The molecule has 0 unspecified atom stereocenters. The Labute approximate surface area is 195 Å². The first-order valence-corrected chi connectivity index (χ1v) is 10.1. The number of hydrogen-bond donors (Lipinski definition) is 3. The zero-order valence-electron chi connectivity index (χ0n) is 17.5. The van der Waals surface area contributed by atoms with Crippen molar-refractivity contribution in [1.29, 1.82) is 0 Å². The summed E-state index contributed by atoms with van der Waals surface area (Å²) in [7, 11) is 1.73. The zero-order chi connectivity index (χ0) is 20.6. The molecular formula is C23H30FIN4O. The molecule has 0 spiro atoms. The molecule has 1 fully saturated rings. The molecule has 1 aliphatic carbocycles. The maximum atomic E-state index is 13.2. The number of rotatable bonds is 7. The van der Waals surface area contributed by atoms with Crippen molar-refractivity contribution < 1.29 is 9.18 Å². The van der Waals surface area contributed by atoms with E-state index in [9.17, 15) is 9.18 Å². The Morgan fingerprint density at radius 2 is 1.97 bits per heavy atom. The van der Waals surface area contributed by atoms with E-state index in [4.69, 9.17) is 0 Å². The van der Waals surface area contributed by atoms with E-state index >= 15 is 0 Å². The van der Waals surface area contributed by atoms with E-state index < -0.39 is 0 Å². The summed E-state index contributed by atoms with van der Waals surface area (Å²) in [5, 5.41) is 9.58. The summed E-state index contributed by atoms with van der Waals surface area (Å²) in [6.07, 6.45) is 3.92. The summed E-state index contributed by atoms with van der Waals surface area (Å²) >= 11 is 0. The highest BCUT2D eigenvalue weighted by atomic mass is 127. The number of aliphatic imine (C=N–C) groups is 1. The minimum absolute atomic E-state index is 0. The summed E-state index contributed by atoms with van der Waals surface area (Å²) in [6.45, 7) is 3.22. The molecule has 0 heterocycles. The van der Waals surface area contributed by atoms with E-state index in [1.165, 1.54) is 6.07 Å².